The molecule has 1 fully saturated rings. The molecule has 1 aliphatic rings. The summed E-state index contributed by atoms with van der Waals surface area (Å²) in [5, 5.41) is 5.17. The molecule has 0 aliphatic carbocycles. The van der Waals surface area contributed by atoms with Crippen molar-refractivity contribution in [1.29, 1.82) is 0 Å². The van der Waals surface area contributed by atoms with Crippen molar-refractivity contribution in [1.82, 2.24) is 10.3 Å². The van der Waals surface area contributed by atoms with Gasteiger partial charge < -0.3 is 10.3 Å². The first-order valence-electron chi connectivity index (χ1n) is 6.74. The number of halogens is 1. The van der Waals surface area contributed by atoms with Crippen molar-refractivity contribution in [2.75, 3.05) is 11.5 Å². The van der Waals surface area contributed by atoms with Gasteiger partial charge in [-0.25, -0.2) is 8.42 Å². The molecule has 6 heteroatoms. The highest BCUT2D eigenvalue weighted by molar-refractivity contribution is 7.91. The fourth-order valence-electron chi connectivity index (χ4n) is 2.63. The molecule has 0 saturated carbocycles. The highest BCUT2D eigenvalue weighted by Crippen LogP contribution is 2.27. The number of fused-ring (bicyclic) bond motifs is 1. The summed E-state index contributed by atoms with van der Waals surface area (Å²) in [5.41, 5.74) is 1.99. The second-order valence-corrected chi connectivity index (χ2v) is 7.95. The summed E-state index contributed by atoms with van der Waals surface area (Å²) in [6.07, 6.45) is 1.36. The first kappa shape index (κ1) is 13.9. The molecule has 0 atom stereocenters. The van der Waals surface area contributed by atoms with Crippen molar-refractivity contribution in [2.24, 2.45) is 0 Å². The van der Waals surface area contributed by atoms with Crippen LogP contribution < -0.4 is 5.32 Å². The van der Waals surface area contributed by atoms with E-state index in [2.05, 4.69) is 10.3 Å². The summed E-state index contributed by atoms with van der Waals surface area (Å²) in [5.74, 6) is 0.566. The van der Waals surface area contributed by atoms with Crippen LogP contribution >= 0.6 is 11.6 Å². The summed E-state index contributed by atoms with van der Waals surface area (Å²) >= 11 is 6.35. The summed E-state index contributed by atoms with van der Waals surface area (Å²) in [6, 6.07) is 8.17. The van der Waals surface area contributed by atoms with Crippen LogP contribution in [0.1, 0.15) is 18.5 Å². The van der Waals surface area contributed by atoms with Crippen molar-refractivity contribution in [3.8, 4) is 0 Å². The molecule has 20 heavy (non-hydrogen) atoms. The maximum Gasteiger partial charge on any atom is 0.150 e. The molecular formula is C14H17ClN2O2S. The zero-order valence-corrected chi connectivity index (χ0v) is 12.6. The lowest BCUT2D eigenvalue weighted by Crippen LogP contribution is -2.37. The molecule has 0 spiro atoms. The fourth-order valence-corrected chi connectivity index (χ4v) is 4.40. The minimum atomic E-state index is -2.80. The first-order chi connectivity index (χ1) is 9.55. The molecule has 0 radical (unpaired) electrons. The molecule has 1 aromatic heterocycles. The van der Waals surface area contributed by atoms with Gasteiger partial charge in [-0.15, -0.1) is 0 Å². The number of hydrogen-bond donors (Lipinski definition) is 2. The van der Waals surface area contributed by atoms with Gasteiger partial charge in [-0.05, 0) is 18.9 Å². The quantitative estimate of drug-likeness (QED) is 0.915. The van der Waals surface area contributed by atoms with Gasteiger partial charge in [0.2, 0.25) is 0 Å². The summed E-state index contributed by atoms with van der Waals surface area (Å²) in [7, 11) is -2.80. The third kappa shape index (κ3) is 2.85. The second-order valence-electron chi connectivity index (χ2n) is 5.27. The van der Waals surface area contributed by atoms with Gasteiger partial charge in [0.25, 0.3) is 0 Å². The summed E-state index contributed by atoms with van der Waals surface area (Å²) in [6.45, 7) is 0.637. The van der Waals surface area contributed by atoms with Crippen LogP contribution in [0.4, 0.5) is 0 Å². The second kappa shape index (κ2) is 5.39. The minimum absolute atomic E-state index is 0.251. The molecule has 2 heterocycles. The average Bonchev–Trinajstić information content (AvgIpc) is 2.75. The van der Waals surface area contributed by atoms with Gasteiger partial charge >= 0.3 is 0 Å². The number of H-pyrrole nitrogens is 1. The van der Waals surface area contributed by atoms with Crippen LogP contribution in [0.2, 0.25) is 5.02 Å². The molecule has 0 unspecified atom stereocenters. The molecule has 108 valence electrons. The third-order valence-electron chi connectivity index (χ3n) is 3.84. The van der Waals surface area contributed by atoms with Crippen LogP contribution in [-0.2, 0) is 16.4 Å². The molecule has 2 aromatic rings. The van der Waals surface area contributed by atoms with Gasteiger partial charge in [0.05, 0.1) is 16.5 Å². The maximum atomic E-state index is 11.4. The van der Waals surface area contributed by atoms with Gasteiger partial charge in [-0.3, -0.25) is 0 Å². The average molecular weight is 313 g/mol. The zero-order chi connectivity index (χ0) is 14.2. The van der Waals surface area contributed by atoms with Gasteiger partial charge in [0.15, 0.2) is 0 Å². The van der Waals surface area contributed by atoms with Gasteiger partial charge in [-0.2, -0.15) is 0 Å². The van der Waals surface area contributed by atoms with Gasteiger partial charge in [0.1, 0.15) is 9.84 Å². The van der Waals surface area contributed by atoms with E-state index in [9.17, 15) is 8.42 Å². The first-order valence-corrected chi connectivity index (χ1v) is 8.94. The van der Waals surface area contributed by atoms with Crippen LogP contribution in [0.25, 0.3) is 10.9 Å². The monoisotopic (exact) mass is 312 g/mol. The minimum Gasteiger partial charge on any atom is -0.356 e. The maximum absolute atomic E-state index is 11.4. The smallest absolute Gasteiger partial charge is 0.150 e. The molecule has 1 saturated heterocycles. The van der Waals surface area contributed by atoms with Crippen molar-refractivity contribution in [2.45, 2.75) is 25.4 Å². The van der Waals surface area contributed by atoms with Crippen LogP contribution in [0.3, 0.4) is 0 Å². The van der Waals surface area contributed by atoms with Crippen LogP contribution in [0.5, 0.6) is 0 Å². The highest BCUT2D eigenvalue weighted by Gasteiger charge is 2.23. The molecule has 4 nitrogen and oxygen atoms in total. The van der Waals surface area contributed by atoms with Crippen molar-refractivity contribution in [3.63, 3.8) is 0 Å². The van der Waals surface area contributed by atoms with E-state index in [1.54, 1.807) is 0 Å². The Hall–Kier alpha value is -1.04. The fraction of sp³-hybridized carbons (Fsp3) is 0.429. The molecular weight excluding hydrogens is 296 g/mol. The summed E-state index contributed by atoms with van der Waals surface area (Å²) < 4.78 is 22.8. The Morgan fingerprint density at radius 1 is 1.25 bits per heavy atom. The highest BCUT2D eigenvalue weighted by atomic mass is 35.5. The van der Waals surface area contributed by atoms with Crippen LogP contribution in [0.15, 0.2) is 24.3 Å². The van der Waals surface area contributed by atoms with E-state index < -0.39 is 9.84 Å². The number of sulfone groups is 1. The molecule has 0 bridgehead atoms. The molecule has 3 rings (SSSR count). The predicted molar refractivity (Wildman–Crippen MR) is 81.8 cm³/mol. The number of rotatable bonds is 3. The Balaban J connectivity index is 1.67. The number of para-hydroxylation sites is 1. The lowest BCUT2D eigenvalue weighted by atomic mass is 10.1. The van der Waals surface area contributed by atoms with Crippen LogP contribution in [-0.4, -0.2) is 30.9 Å². The summed E-state index contributed by atoms with van der Waals surface area (Å²) in [4.78, 5) is 3.31. The van der Waals surface area contributed by atoms with Gasteiger partial charge in [-0.1, -0.05) is 29.8 Å². The lowest BCUT2D eigenvalue weighted by molar-refractivity contribution is 0.461. The SMILES string of the molecule is O=S1(=O)CCC(NCc2[nH]c3ccccc3c2Cl)CC1. The molecule has 0 amide bonds. The molecule has 2 N–H and O–H groups in total. The Bertz CT molecular complexity index is 710. The normalized spacial score (nSPS) is 19.4. The topological polar surface area (TPSA) is 62.0 Å². The standard InChI is InChI=1S/C14H17ClN2O2S/c15-14-11-3-1-2-4-12(11)17-13(14)9-16-10-5-7-20(18,19)8-6-10/h1-4,10,16-17H,5-9H2. The lowest BCUT2D eigenvalue weighted by Gasteiger charge is -2.22. The Morgan fingerprint density at radius 3 is 2.65 bits per heavy atom. The van der Waals surface area contributed by atoms with Crippen molar-refractivity contribution in [3.05, 3.63) is 35.0 Å². The largest absolute Gasteiger partial charge is 0.356 e. The van der Waals surface area contributed by atoms with E-state index in [1.807, 2.05) is 24.3 Å². The number of hydrogen-bond acceptors (Lipinski definition) is 3. The van der Waals surface area contributed by atoms with Crippen molar-refractivity contribution >= 4 is 32.3 Å². The van der Waals surface area contributed by atoms with E-state index in [0.29, 0.717) is 19.4 Å². The third-order valence-corrected chi connectivity index (χ3v) is 5.98. The predicted octanol–water partition coefficient (Wildman–Crippen LogP) is 2.49. The van der Waals surface area contributed by atoms with Crippen molar-refractivity contribution < 1.29 is 8.42 Å². The van der Waals surface area contributed by atoms with E-state index in [-0.39, 0.29) is 17.5 Å². The number of nitrogens with one attached hydrogen (secondary N) is 2. The molecule has 1 aliphatic heterocycles. The van der Waals surface area contributed by atoms with E-state index >= 15 is 0 Å². The number of aromatic nitrogens is 1. The van der Waals surface area contributed by atoms with E-state index in [4.69, 9.17) is 11.6 Å². The Labute approximate surface area is 123 Å². The zero-order valence-electron chi connectivity index (χ0n) is 11.0. The van der Waals surface area contributed by atoms with E-state index in [1.165, 1.54) is 0 Å². The number of benzene rings is 1. The Morgan fingerprint density at radius 2 is 1.95 bits per heavy atom. The van der Waals surface area contributed by atoms with Crippen LogP contribution in [0, 0.1) is 0 Å². The van der Waals surface area contributed by atoms with E-state index in [0.717, 1.165) is 21.6 Å². The van der Waals surface area contributed by atoms with Gasteiger partial charge in [0, 0.05) is 29.2 Å². The number of aromatic amines is 1. The molecule has 1 aromatic carbocycles. The Kier molecular flexibility index (Phi) is 3.75.